The van der Waals surface area contributed by atoms with Gasteiger partial charge in [-0.05, 0) is 61.1 Å². The van der Waals surface area contributed by atoms with Crippen molar-refractivity contribution in [1.82, 2.24) is 5.32 Å². The summed E-state index contributed by atoms with van der Waals surface area (Å²) in [5, 5.41) is 11.0. The number of nitriles is 1. The number of carbonyl (C=O) groups is 2. The molecule has 0 radical (unpaired) electrons. The molecule has 0 heterocycles. The number of benzene rings is 1. The molecular formula is C16H19IN2O4. The van der Waals surface area contributed by atoms with Crippen molar-refractivity contribution >= 4 is 34.7 Å². The maximum atomic E-state index is 12.0. The zero-order chi connectivity index (χ0) is 17.5. The van der Waals surface area contributed by atoms with Crippen LogP contribution in [0.25, 0.3) is 0 Å². The number of hydrogen-bond donors (Lipinski definition) is 1. The molecule has 0 fully saturated rings. The molecule has 0 bridgehead atoms. The Morgan fingerprint density at radius 1 is 1.30 bits per heavy atom. The predicted octanol–water partition coefficient (Wildman–Crippen LogP) is 2.79. The number of alkyl carbamates (subject to hydrolysis) is 1. The molecular weight excluding hydrogens is 411 g/mol. The van der Waals surface area contributed by atoms with Crippen LogP contribution in [0.1, 0.15) is 26.3 Å². The standard InChI is InChI=1S/C16H19IN2O4/c1-16(2,3)23-15(21)19-13(14(20)22-9-8-18)10-11-4-6-12(17)7-5-11/h4-7,13H,9-10H2,1-3H3,(H,19,21). The third-order valence-electron chi connectivity index (χ3n) is 2.61. The number of nitrogens with one attached hydrogen (secondary N) is 1. The highest BCUT2D eigenvalue weighted by molar-refractivity contribution is 14.1. The molecule has 6 nitrogen and oxygen atoms in total. The summed E-state index contributed by atoms with van der Waals surface area (Å²) in [5.74, 6) is -0.670. The summed E-state index contributed by atoms with van der Waals surface area (Å²) < 4.78 is 11.0. The number of amides is 1. The van der Waals surface area contributed by atoms with Crippen LogP contribution in [0.3, 0.4) is 0 Å². The molecule has 7 heteroatoms. The smallest absolute Gasteiger partial charge is 0.408 e. The van der Waals surface area contributed by atoms with Gasteiger partial charge in [-0.15, -0.1) is 0 Å². The first-order valence-electron chi connectivity index (χ1n) is 6.99. The molecule has 1 atom stereocenters. The van der Waals surface area contributed by atoms with E-state index in [0.717, 1.165) is 9.13 Å². The van der Waals surface area contributed by atoms with Crippen molar-refractivity contribution in [2.45, 2.75) is 38.8 Å². The Bertz CT molecular complexity index is 588. The molecule has 1 aromatic rings. The lowest BCUT2D eigenvalue weighted by Crippen LogP contribution is -2.45. The first kappa shape index (κ1) is 19.2. The van der Waals surface area contributed by atoms with Crippen molar-refractivity contribution in [3.63, 3.8) is 0 Å². The normalized spacial score (nSPS) is 12.0. The molecule has 1 aromatic carbocycles. The molecule has 1 N–H and O–H groups in total. The third-order valence-corrected chi connectivity index (χ3v) is 3.33. The monoisotopic (exact) mass is 430 g/mol. The van der Waals surface area contributed by atoms with Crippen LogP contribution in [-0.2, 0) is 20.7 Å². The van der Waals surface area contributed by atoms with E-state index in [-0.39, 0.29) is 13.0 Å². The van der Waals surface area contributed by atoms with Crippen LogP contribution < -0.4 is 5.32 Å². The van der Waals surface area contributed by atoms with Crippen LogP contribution in [0.5, 0.6) is 0 Å². The van der Waals surface area contributed by atoms with Crippen molar-refractivity contribution in [2.75, 3.05) is 6.61 Å². The topological polar surface area (TPSA) is 88.4 Å². The molecule has 1 rings (SSSR count). The van der Waals surface area contributed by atoms with Gasteiger partial charge in [0.15, 0.2) is 6.61 Å². The van der Waals surface area contributed by atoms with E-state index < -0.39 is 23.7 Å². The number of rotatable bonds is 5. The van der Waals surface area contributed by atoms with Gasteiger partial charge in [0.05, 0.1) is 0 Å². The summed E-state index contributed by atoms with van der Waals surface area (Å²) in [6.07, 6.45) is -0.456. The zero-order valence-electron chi connectivity index (χ0n) is 13.3. The van der Waals surface area contributed by atoms with Gasteiger partial charge in [0, 0.05) is 9.99 Å². The van der Waals surface area contributed by atoms with E-state index in [2.05, 4.69) is 27.9 Å². The van der Waals surface area contributed by atoms with Crippen LogP contribution >= 0.6 is 22.6 Å². The van der Waals surface area contributed by atoms with Crippen LogP contribution in [0.2, 0.25) is 0 Å². The fourth-order valence-electron chi connectivity index (χ4n) is 1.70. The van der Waals surface area contributed by atoms with Crippen molar-refractivity contribution in [1.29, 1.82) is 5.26 Å². The number of ether oxygens (including phenoxy) is 2. The van der Waals surface area contributed by atoms with E-state index >= 15 is 0 Å². The van der Waals surface area contributed by atoms with E-state index in [9.17, 15) is 9.59 Å². The van der Waals surface area contributed by atoms with E-state index in [0.29, 0.717) is 0 Å². The second-order valence-corrected chi connectivity index (χ2v) is 7.04. The Kier molecular flexibility index (Phi) is 7.29. The number of nitrogens with zero attached hydrogens (tertiary/aromatic N) is 1. The lowest BCUT2D eigenvalue weighted by atomic mass is 10.1. The minimum absolute atomic E-state index is 0.250. The first-order chi connectivity index (χ1) is 10.7. The Morgan fingerprint density at radius 2 is 1.91 bits per heavy atom. The molecule has 0 aliphatic carbocycles. The Morgan fingerprint density at radius 3 is 2.43 bits per heavy atom. The Labute approximate surface area is 149 Å². The maximum absolute atomic E-state index is 12.0. The van der Waals surface area contributed by atoms with Crippen molar-refractivity contribution < 1.29 is 19.1 Å². The fourth-order valence-corrected chi connectivity index (χ4v) is 2.06. The van der Waals surface area contributed by atoms with E-state index in [1.165, 1.54) is 0 Å². The van der Waals surface area contributed by atoms with Gasteiger partial charge in [-0.2, -0.15) is 5.26 Å². The van der Waals surface area contributed by atoms with Gasteiger partial charge in [0.1, 0.15) is 17.7 Å². The molecule has 1 amide bonds. The Hall–Kier alpha value is -1.82. The summed E-state index contributed by atoms with van der Waals surface area (Å²) in [6, 6.07) is 8.35. The summed E-state index contributed by atoms with van der Waals surface area (Å²) in [5.41, 5.74) is 0.189. The first-order valence-corrected chi connectivity index (χ1v) is 8.06. The van der Waals surface area contributed by atoms with Gasteiger partial charge in [-0.25, -0.2) is 9.59 Å². The highest BCUT2D eigenvalue weighted by Crippen LogP contribution is 2.11. The summed E-state index contributed by atoms with van der Waals surface area (Å²) in [6.45, 7) is 4.83. The fraction of sp³-hybridized carbons (Fsp3) is 0.438. The predicted molar refractivity (Wildman–Crippen MR) is 92.6 cm³/mol. The minimum atomic E-state index is -0.918. The minimum Gasteiger partial charge on any atom is -0.449 e. The van der Waals surface area contributed by atoms with Gasteiger partial charge in [0.25, 0.3) is 0 Å². The second kappa shape index (κ2) is 8.72. The largest absolute Gasteiger partial charge is 0.449 e. The summed E-state index contributed by atoms with van der Waals surface area (Å²) in [4.78, 5) is 23.9. The third kappa shape index (κ3) is 7.83. The SMILES string of the molecule is CC(C)(C)OC(=O)NC(Cc1ccc(I)cc1)C(=O)OCC#N. The van der Waals surface area contributed by atoms with Crippen LogP contribution in [0.4, 0.5) is 4.79 Å². The molecule has 0 aliphatic heterocycles. The second-order valence-electron chi connectivity index (χ2n) is 5.80. The maximum Gasteiger partial charge on any atom is 0.408 e. The molecule has 124 valence electrons. The van der Waals surface area contributed by atoms with Crippen molar-refractivity contribution in [3.8, 4) is 6.07 Å². The van der Waals surface area contributed by atoms with E-state index in [1.54, 1.807) is 26.8 Å². The van der Waals surface area contributed by atoms with Gasteiger partial charge >= 0.3 is 12.1 Å². The molecule has 0 saturated carbocycles. The average Bonchev–Trinajstić information content (AvgIpc) is 2.44. The van der Waals surface area contributed by atoms with Crippen LogP contribution in [0, 0.1) is 14.9 Å². The van der Waals surface area contributed by atoms with Gasteiger partial charge < -0.3 is 14.8 Å². The van der Waals surface area contributed by atoms with Crippen molar-refractivity contribution in [3.05, 3.63) is 33.4 Å². The lowest BCUT2D eigenvalue weighted by molar-refractivity contribution is -0.144. The number of carbonyl (C=O) groups excluding carboxylic acids is 2. The quantitative estimate of drug-likeness (QED) is 0.574. The molecule has 0 aromatic heterocycles. The van der Waals surface area contributed by atoms with Crippen LogP contribution in [-0.4, -0.2) is 30.3 Å². The molecule has 1 unspecified atom stereocenters. The number of halogens is 1. The van der Waals surface area contributed by atoms with Crippen molar-refractivity contribution in [2.24, 2.45) is 0 Å². The number of esters is 1. The summed E-state index contributed by atoms with van der Waals surface area (Å²) in [7, 11) is 0. The Balaban J connectivity index is 2.80. The molecule has 23 heavy (non-hydrogen) atoms. The molecule has 0 spiro atoms. The highest BCUT2D eigenvalue weighted by Gasteiger charge is 2.25. The van der Waals surface area contributed by atoms with Gasteiger partial charge in [0.2, 0.25) is 0 Å². The van der Waals surface area contributed by atoms with Crippen LogP contribution in [0.15, 0.2) is 24.3 Å². The van der Waals surface area contributed by atoms with E-state index in [4.69, 9.17) is 14.7 Å². The highest BCUT2D eigenvalue weighted by atomic mass is 127. The molecule has 0 aliphatic rings. The average molecular weight is 430 g/mol. The lowest BCUT2D eigenvalue weighted by Gasteiger charge is -2.22. The van der Waals surface area contributed by atoms with Gasteiger partial charge in [-0.3, -0.25) is 0 Å². The van der Waals surface area contributed by atoms with Gasteiger partial charge in [-0.1, -0.05) is 12.1 Å². The molecule has 0 saturated heterocycles. The summed E-state index contributed by atoms with van der Waals surface area (Å²) >= 11 is 2.18. The number of hydrogen-bond acceptors (Lipinski definition) is 5. The zero-order valence-corrected chi connectivity index (χ0v) is 15.4. The van der Waals surface area contributed by atoms with E-state index in [1.807, 2.05) is 24.3 Å².